The molecular formula is C17H23NO4. The molecule has 1 unspecified atom stereocenters. The van der Waals surface area contributed by atoms with Crippen LogP contribution in [0.15, 0.2) is 36.4 Å². The second-order valence-corrected chi connectivity index (χ2v) is 4.97. The number of carboxylic acids is 1. The van der Waals surface area contributed by atoms with Crippen molar-refractivity contribution >= 4 is 11.9 Å². The highest BCUT2D eigenvalue weighted by Crippen LogP contribution is 2.21. The highest BCUT2D eigenvalue weighted by molar-refractivity contribution is 5.86. The maximum Gasteiger partial charge on any atom is 0.330 e. The first kappa shape index (κ1) is 17.8. The SMILES string of the molecule is C/C=C/CC(CC)C(=O)N[C@H](C(=O)O)c1cccc(OC)c1. The molecule has 0 spiro atoms. The predicted molar refractivity (Wildman–Crippen MR) is 84.7 cm³/mol. The van der Waals surface area contributed by atoms with Gasteiger partial charge in [0.1, 0.15) is 5.75 Å². The Kier molecular flexibility index (Phi) is 7.16. The number of methoxy groups -OCH3 is 1. The van der Waals surface area contributed by atoms with E-state index in [1.54, 1.807) is 24.3 Å². The Morgan fingerprint density at radius 2 is 2.14 bits per heavy atom. The van der Waals surface area contributed by atoms with Crippen molar-refractivity contribution in [1.29, 1.82) is 0 Å². The van der Waals surface area contributed by atoms with Gasteiger partial charge in [0, 0.05) is 5.92 Å². The number of carbonyl (C=O) groups is 2. The van der Waals surface area contributed by atoms with E-state index < -0.39 is 12.0 Å². The van der Waals surface area contributed by atoms with Gasteiger partial charge < -0.3 is 15.2 Å². The van der Waals surface area contributed by atoms with Crippen molar-refractivity contribution in [2.75, 3.05) is 7.11 Å². The second kappa shape index (κ2) is 8.87. The molecule has 0 fully saturated rings. The van der Waals surface area contributed by atoms with E-state index >= 15 is 0 Å². The van der Waals surface area contributed by atoms with Crippen LogP contribution in [-0.2, 0) is 9.59 Å². The molecule has 0 heterocycles. The smallest absolute Gasteiger partial charge is 0.330 e. The number of aliphatic carboxylic acids is 1. The molecule has 5 nitrogen and oxygen atoms in total. The Morgan fingerprint density at radius 1 is 1.41 bits per heavy atom. The molecule has 0 aliphatic carbocycles. The van der Waals surface area contributed by atoms with Crippen LogP contribution < -0.4 is 10.1 Å². The number of ether oxygens (including phenoxy) is 1. The number of carboxylic acid groups (broad SMARTS) is 1. The van der Waals surface area contributed by atoms with E-state index in [9.17, 15) is 14.7 Å². The summed E-state index contributed by atoms with van der Waals surface area (Å²) in [6.45, 7) is 3.80. The molecule has 0 aliphatic heterocycles. The summed E-state index contributed by atoms with van der Waals surface area (Å²) in [6.07, 6.45) is 5.05. The average Bonchev–Trinajstić information content (AvgIpc) is 2.53. The van der Waals surface area contributed by atoms with Gasteiger partial charge in [-0.25, -0.2) is 4.79 Å². The Labute approximate surface area is 131 Å². The highest BCUT2D eigenvalue weighted by Gasteiger charge is 2.25. The van der Waals surface area contributed by atoms with E-state index in [0.29, 0.717) is 24.2 Å². The molecule has 1 aromatic rings. The lowest BCUT2D eigenvalue weighted by atomic mass is 9.99. The van der Waals surface area contributed by atoms with Crippen LogP contribution in [0.3, 0.4) is 0 Å². The number of nitrogens with one attached hydrogen (secondary N) is 1. The fourth-order valence-electron chi connectivity index (χ4n) is 2.13. The van der Waals surface area contributed by atoms with Crippen molar-refractivity contribution in [3.8, 4) is 5.75 Å². The average molecular weight is 305 g/mol. The highest BCUT2D eigenvalue weighted by atomic mass is 16.5. The maximum absolute atomic E-state index is 12.3. The number of hydrogen-bond donors (Lipinski definition) is 2. The molecular weight excluding hydrogens is 282 g/mol. The van der Waals surface area contributed by atoms with Crippen molar-refractivity contribution in [2.24, 2.45) is 5.92 Å². The molecule has 2 N–H and O–H groups in total. The van der Waals surface area contributed by atoms with Gasteiger partial charge in [-0.3, -0.25) is 4.79 Å². The van der Waals surface area contributed by atoms with Crippen molar-refractivity contribution in [3.63, 3.8) is 0 Å². The summed E-state index contributed by atoms with van der Waals surface area (Å²) in [4.78, 5) is 23.8. The zero-order chi connectivity index (χ0) is 16.5. The van der Waals surface area contributed by atoms with Gasteiger partial charge in [0.15, 0.2) is 6.04 Å². The normalized spacial score (nSPS) is 13.6. The maximum atomic E-state index is 12.3. The molecule has 2 atom stereocenters. The van der Waals surface area contributed by atoms with E-state index in [1.807, 2.05) is 26.0 Å². The Hall–Kier alpha value is -2.30. The van der Waals surface area contributed by atoms with E-state index in [-0.39, 0.29) is 11.8 Å². The first-order valence-electron chi connectivity index (χ1n) is 7.31. The van der Waals surface area contributed by atoms with Crippen LogP contribution in [0.5, 0.6) is 5.75 Å². The summed E-state index contributed by atoms with van der Waals surface area (Å²) < 4.78 is 5.10. The minimum atomic E-state index is -1.09. The Bertz CT molecular complexity index is 539. The number of rotatable bonds is 8. The molecule has 1 aromatic carbocycles. The summed E-state index contributed by atoms with van der Waals surface area (Å²) >= 11 is 0. The van der Waals surface area contributed by atoms with Crippen molar-refractivity contribution in [3.05, 3.63) is 42.0 Å². The van der Waals surface area contributed by atoms with Gasteiger partial charge in [-0.05, 0) is 37.5 Å². The summed E-state index contributed by atoms with van der Waals surface area (Å²) in [5, 5.41) is 12.0. The lowest BCUT2D eigenvalue weighted by molar-refractivity contribution is -0.142. The minimum absolute atomic E-state index is 0.233. The van der Waals surface area contributed by atoms with Gasteiger partial charge >= 0.3 is 5.97 Å². The number of hydrogen-bond acceptors (Lipinski definition) is 3. The molecule has 5 heteroatoms. The number of amides is 1. The Balaban J connectivity index is 2.91. The topological polar surface area (TPSA) is 75.6 Å². The molecule has 0 radical (unpaired) electrons. The lowest BCUT2D eigenvalue weighted by Gasteiger charge is -2.19. The molecule has 22 heavy (non-hydrogen) atoms. The minimum Gasteiger partial charge on any atom is -0.497 e. The largest absolute Gasteiger partial charge is 0.497 e. The first-order chi connectivity index (χ1) is 10.5. The number of allylic oxidation sites excluding steroid dienone is 2. The van der Waals surface area contributed by atoms with Gasteiger partial charge in [0.2, 0.25) is 5.91 Å². The lowest BCUT2D eigenvalue weighted by Crippen LogP contribution is -2.37. The van der Waals surface area contributed by atoms with Gasteiger partial charge in [-0.2, -0.15) is 0 Å². The molecule has 120 valence electrons. The fourth-order valence-corrected chi connectivity index (χ4v) is 2.13. The summed E-state index contributed by atoms with van der Waals surface area (Å²) in [6, 6.07) is 5.63. The standard InChI is InChI=1S/C17H23NO4/c1-4-6-8-12(5-2)16(19)18-15(17(20)21)13-9-7-10-14(11-13)22-3/h4,6-7,9-12,15H,5,8H2,1-3H3,(H,18,19)(H,20,21)/b6-4+/t12?,15-/m0/s1. The molecule has 0 saturated carbocycles. The summed E-state index contributed by atoms with van der Waals surface area (Å²) in [5.74, 6) is -1.03. The predicted octanol–water partition coefficient (Wildman–Crippen LogP) is 2.93. The molecule has 0 aromatic heterocycles. The third-order valence-electron chi connectivity index (χ3n) is 3.48. The van der Waals surface area contributed by atoms with E-state index in [2.05, 4.69) is 5.32 Å². The van der Waals surface area contributed by atoms with Crippen LogP contribution in [0.4, 0.5) is 0 Å². The van der Waals surface area contributed by atoms with Gasteiger partial charge in [0.05, 0.1) is 7.11 Å². The van der Waals surface area contributed by atoms with E-state index in [1.165, 1.54) is 7.11 Å². The zero-order valence-corrected chi connectivity index (χ0v) is 13.2. The van der Waals surface area contributed by atoms with Gasteiger partial charge in [0.25, 0.3) is 0 Å². The van der Waals surface area contributed by atoms with Crippen molar-refractivity contribution < 1.29 is 19.4 Å². The number of benzene rings is 1. The van der Waals surface area contributed by atoms with Gasteiger partial charge in [-0.1, -0.05) is 31.2 Å². The molecule has 0 bridgehead atoms. The van der Waals surface area contributed by atoms with E-state index in [0.717, 1.165) is 0 Å². The summed E-state index contributed by atoms with van der Waals surface area (Å²) in [5.41, 5.74) is 0.487. The van der Waals surface area contributed by atoms with Crippen LogP contribution in [-0.4, -0.2) is 24.1 Å². The van der Waals surface area contributed by atoms with Crippen molar-refractivity contribution in [1.82, 2.24) is 5.32 Å². The van der Waals surface area contributed by atoms with Crippen LogP contribution >= 0.6 is 0 Å². The van der Waals surface area contributed by atoms with Crippen LogP contribution in [0.2, 0.25) is 0 Å². The van der Waals surface area contributed by atoms with Crippen molar-refractivity contribution in [2.45, 2.75) is 32.7 Å². The molecule has 0 aliphatic rings. The van der Waals surface area contributed by atoms with Crippen LogP contribution in [0, 0.1) is 5.92 Å². The quantitative estimate of drug-likeness (QED) is 0.724. The van der Waals surface area contributed by atoms with E-state index in [4.69, 9.17) is 4.74 Å². The Morgan fingerprint density at radius 3 is 2.68 bits per heavy atom. The van der Waals surface area contributed by atoms with Gasteiger partial charge in [-0.15, -0.1) is 0 Å². The summed E-state index contributed by atoms with van der Waals surface area (Å²) in [7, 11) is 1.51. The zero-order valence-electron chi connectivity index (χ0n) is 13.2. The molecule has 1 amide bonds. The third kappa shape index (κ3) is 4.91. The first-order valence-corrected chi connectivity index (χ1v) is 7.31. The van der Waals surface area contributed by atoms with Crippen LogP contribution in [0.25, 0.3) is 0 Å². The monoisotopic (exact) mass is 305 g/mol. The fraction of sp³-hybridized carbons (Fsp3) is 0.412. The number of carbonyl (C=O) groups excluding carboxylic acids is 1. The molecule has 1 rings (SSSR count). The second-order valence-electron chi connectivity index (χ2n) is 4.97. The third-order valence-corrected chi connectivity index (χ3v) is 3.48. The molecule has 0 saturated heterocycles. The van der Waals surface area contributed by atoms with Crippen LogP contribution in [0.1, 0.15) is 38.3 Å².